The van der Waals surface area contributed by atoms with Gasteiger partial charge in [0.25, 0.3) is 0 Å². The fourth-order valence-corrected chi connectivity index (χ4v) is 0.631. The van der Waals surface area contributed by atoms with E-state index in [2.05, 4.69) is 10.5 Å². The molecule has 0 fully saturated rings. The third-order valence-corrected chi connectivity index (χ3v) is 1.03. The van der Waals surface area contributed by atoms with Crippen molar-refractivity contribution in [3.05, 3.63) is 0 Å². The maximum atomic E-state index is 11.1. The highest BCUT2D eigenvalue weighted by Gasteiger charge is 2.16. The number of hydrogen-bond donors (Lipinski definition) is 2. The minimum absolute atomic E-state index is 0.347. The molecule has 0 heterocycles. The largest absolute Gasteiger partial charge is 0.444 e. The summed E-state index contributed by atoms with van der Waals surface area (Å²) in [4.78, 5) is 11.1. The third-order valence-electron chi connectivity index (χ3n) is 1.03. The van der Waals surface area contributed by atoms with Crippen molar-refractivity contribution in [2.24, 2.45) is 5.16 Å². The van der Waals surface area contributed by atoms with Crippen molar-refractivity contribution in [1.82, 2.24) is 5.32 Å². The minimum Gasteiger partial charge on any atom is -0.444 e. The van der Waals surface area contributed by atoms with Crippen LogP contribution in [0.5, 0.6) is 0 Å². The first-order valence-electron chi connectivity index (χ1n) is 4.02. The van der Waals surface area contributed by atoms with Crippen LogP contribution in [0.2, 0.25) is 0 Å². The van der Waals surface area contributed by atoms with E-state index < -0.39 is 11.7 Å². The predicted octanol–water partition coefficient (Wildman–Crippen LogP) is 1.36. The lowest BCUT2D eigenvalue weighted by Crippen LogP contribution is -2.38. The average molecular weight is 188 g/mol. The topological polar surface area (TPSA) is 70.9 Å². The molecule has 5 nitrogen and oxygen atoms in total. The zero-order valence-electron chi connectivity index (χ0n) is 8.37. The van der Waals surface area contributed by atoms with Gasteiger partial charge in [0.05, 0.1) is 12.3 Å². The van der Waals surface area contributed by atoms with Gasteiger partial charge in [0.2, 0.25) is 0 Å². The van der Waals surface area contributed by atoms with Crippen LogP contribution in [0.25, 0.3) is 0 Å². The van der Waals surface area contributed by atoms with Crippen molar-refractivity contribution in [3.63, 3.8) is 0 Å². The summed E-state index contributed by atoms with van der Waals surface area (Å²) < 4.78 is 4.96. The molecule has 0 aliphatic heterocycles. The van der Waals surface area contributed by atoms with E-state index in [1.54, 1.807) is 27.7 Å². The van der Waals surface area contributed by atoms with Gasteiger partial charge in [0.1, 0.15) is 5.60 Å². The highest BCUT2D eigenvalue weighted by Crippen LogP contribution is 2.06. The Balaban J connectivity index is 3.88. The maximum Gasteiger partial charge on any atom is 0.408 e. The van der Waals surface area contributed by atoms with E-state index in [-0.39, 0.29) is 6.04 Å². The lowest BCUT2D eigenvalue weighted by Gasteiger charge is -2.20. The highest BCUT2D eigenvalue weighted by atomic mass is 16.6. The molecule has 0 saturated heterocycles. The van der Waals surface area contributed by atoms with Gasteiger partial charge in [0.15, 0.2) is 0 Å². The number of nitrogens with zero attached hydrogens (tertiary/aromatic N) is 1. The number of alkyl carbamates (subject to hydrolysis) is 1. The van der Waals surface area contributed by atoms with Crippen molar-refractivity contribution >= 4 is 12.3 Å². The van der Waals surface area contributed by atoms with Crippen LogP contribution in [0.3, 0.4) is 0 Å². The molecule has 0 aromatic carbocycles. The van der Waals surface area contributed by atoms with Gasteiger partial charge in [-0.15, -0.1) is 0 Å². The Bertz CT molecular complexity index is 196. The Labute approximate surface area is 77.8 Å². The highest BCUT2D eigenvalue weighted by molar-refractivity contribution is 5.74. The molecule has 0 aliphatic rings. The predicted molar refractivity (Wildman–Crippen MR) is 49.1 cm³/mol. The summed E-state index contributed by atoms with van der Waals surface area (Å²) in [5.74, 6) is 0. The van der Waals surface area contributed by atoms with Crippen molar-refractivity contribution in [2.75, 3.05) is 0 Å². The normalized spacial score (nSPS) is 14.2. The number of rotatable bonds is 2. The number of oxime groups is 1. The molecule has 1 amide bonds. The molecule has 0 aromatic heterocycles. The molecule has 0 bridgehead atoms. The molecule has 0 spiro atoms. The van der Waals surface area contributed by atoms with E-state index in [1.165, 1.54) is 6.21 Å². The number of hydrogen-bond acceptors (Lipinski definition) is 4. The van der Waals surface area contributed by atoms with E-state index in [0.717, 1.165) is 0 Å². The van der Waals surface area contributed by atoms with Crippen molar-refractivity contribution in [3.8, 4) is 0 Å². The van der Waals surface area contributed by atoms with Crippen LogP contribution in [0.4, 0.5) is 4.79 Å². The number of ether oxygens (including phenoxy) is 1. The van der Waals surface area contributed by atoms with Crippen molar-refractivity contribution in [1.29, 1.82) is 0 Å². The Morgan fingerprint density at radius 2 is 2.15 bits per heavy atom. The van der Waals surface area contributed by atoms with Gasteiger partial charge >= 0.3 is 6.09 Å². The molecule has 0 rings (SSSR count). The molecule has 1 atom stereocenters. The quantitative estimate of drug-likeness (QED) is 0.390. The second kappa shape index (κ2) is 4.69. The molecular formula is C8H16N2O3. The summed E-state index contributed by atoms with van der Waals surface area (Å²) in [5.41, 5.74) is -0.514. The fourth-order valence-electron chi connectivity index (χ4n) is 0.631. The standard InChI is InChI=1S/C8H16N2O3/c1-6(5-9-12)10-7(11)13-8(2,3)4/h5-6,12H,1-4H3,(H,10,11)/b9-5+/t6-/m0/s1. The molecule has 0 saturated carbocycles. The SMILES string of the molecule is C[C@@H](/C=N/O)NC(=O)OC(C)(C)C. The monoisotopic (exact) mass is 188 g/mol. The van der Waals surface area contributed by atoms with Crippen LogP contribution >= 0.6 is 0 Å². The average Bonchev–Trinajstić information content (AvgIpc) is 1.81. The third kappa shape index (κ3) is 7.11. The zero-order chi connectivity index (χ0) is 10.5. The van der Waals surface area contributed by atoms with Crippen LogP contribution < -0.4 is 5.32 Å². The van der Waals surface area contributed by atoms with Gasteiger partial charge in [0, 0.05) is 0 Å². The molecule has 2 N–H and O–H groups in total. The Morgan fingerprint density at radius 1 is 1.62 bits per heavy atom. The summed E-state index contributed by atoms with van der Waals surface area (Å²) in [7, 11) is 0. The Morgan fingerprint density at radius 3 is 2.54 bits per heavy atom. The first-order valence-corrected chi connectivity index (χ1v) is 4.02. The molecule has 76 valence electrons. The van der Waals surface area contributed by atoms with Gasteiger partial charge in [-0.05, 0) is 27.7 Å². The van der Waals surface area contributed by atoms with Crippen LogP contribution in [0, 0.1) is 0 Å². The molecule has 0 radical (unpaired) electrons. The van der Waals surface area contributed by atoms with E-state index in [4.69, 9.17) is 9.94 Å². The zero-order valence-corrected chi connectivity index (χ0v) is 8.37. The number of amides is 1. The smallest absolute Gasteiger partial charge is 0.408 e. The molecule has 0 aromatic rings. The summed E-state index contributed by atoms with van der Waals surface area (Å²) in [6.45, 7) is 7.00. The summed E-state index contributed by atoms with van der Waals surface area (Å²) in [6, 6.07) is -0.347. The van der Waals surface area contributed by atoms with Crippen LogP contribution in [0.1, 0.15) is 27.7 Å². The van der Waals surface area contributed by atoms with Crippen molar-refractivity contribution in [2.45, 2.75) is 39.3 Å². The van der Waals surface area contributed by atoms with Gasteiger partial charge in [-0.25, -0.2) is 4.79 Å². The lowest BCUT2D eigenvalue weighted by atomic mass is 10.2. The van der Waals surface area contributed by atoms with E-state index in [0.29, 0.717) is 0 Å². The van der Waals surface area contributed by atoms with Crippen LogP contribution in [0.15, 0.2) is 5.16 Å². The summed E-state index contributed by atoms with van der Waals surface area (Å²) in [6.07, 6.45) is 0.670. The van der Waals surface area contributed by atoms with Crippen LogP contribution in [-0.4, -0.2) is 29.2 Å². The second-order valence-electron chi connectivity index (χ2n) is 3.70. The number of carbonyl (C=O) groups is 1. The molecule has 0 aliphatic carbocycles. The maximum absolute atomic E-state index is 11.1. The van der Waals surface area contributed by atoms with Gasteiger partial charge in [-0.3, -0.25) is 0 Å². The fraction of sp³-hybridized carbons (Fsp3) is 0.750. The minimum atomic E-state index is -0.528. The van der Waals surface area contributed by atoms with Gasteiger partial charge in [-0.2, -0.15) is 0 Å². The second-order valence-corrected chi connectivity index (χ2v) is 3.70. The first kappa shape index (κ1) is 11.7. The van der Waals surface area contributed by atoms with Gasteiger partial charge in [-0.1, -0.05) is 5.16 Å². The van der Waals surface area contributed by atoms with Crippen molar-refractivity contribution < 1.29 is 14.7 Å². The Kier molecular flexibility index (Phi) is 4.23. The summed E-state index contributed by atoms with van der Waals surface area (Å²) in [5, 5.41) is 13.4. The summed E-state index contributed by atoms with van der Waals surface area (Å²) >= 11 is 0. The number of nitrogens with one attached hydrogen (secondary N) is 1. The molecular weight excluding hydrogens is 172 g/mol. The molecule has 13 heavy (non-hydrogen) atoms. The van der Waals surface area contributed by atoms with E-state index in [1.807, 2.05) is 0 Å². The van der Waals surface area contributed by atoms with Crippen LogP contribution in [-0.2, 0) is 4.74 Å². The van der Waals surface area contributed by atoms with Gasteiger partial charge < -0.3 is 15.3 Å². The first-order chi connectivity index (χ1) is 5.85. The molecule has 5 heteroatoms. The Hall–Kier alpha value is -1.26. The number of carbonyl (C=O) groups excluding carboxylic acids is 1. The van der Waals surface area contributed by atoms with E-state index >= 15 is 0 Å². The van der Waals surface area contributed by atoms with E-state index in [9.17, 15) is 4.79 Å². The molecule has 0 unspecified atom stereocenters. The lowest BCUT2D eigenvalue weighted by molar-refractivity contribution is 0.0522.